The van der Waals surface area contributed by atoms with Gasteiger partial charge >= 0.3 is 0 Å². The maximum atomic E-state index is 12.7. The van der Waals surface area contributed by atoms with Gasteiger partial charge in [-0.3, -0.25) is 4.79 Å². The maximum Gasteiger partial charge on any atom is 0.243 e. The summed E-state index contributed by atoms with van der Waals surface area (Å²) in [5.41, 5.74) is 9.55. The molecule has 2 aromatic rings. The number of benzene rings is 2. The third-order valence-corrected chi connectivity index (χ3v) is 4.82. The van der Waals surface area contributed by atoms with Gasteiger partial charge in [0.15, 0.2) is 0 Å². The highest BCUT2D eigenvalue weighted by atomic mass is 16.5. The summed E-state index contributed by atoms with van der Waals surface area (Å²) in [4.78, 5) is 12.7. The number of hydrazine groups is 1. The van der Waals surface area contributed by atoms with Crippen LogP contribution < -0.4 is 20.9 Å². The zero-order chi connectivity index (χ0) is 16.5. The molecule has 0 saturated carbocycles. The second-order valence-corrected chi connectivity index (χ2v) is 6.30. The van der Waals surface area contributed by atoms with Crippen LogP contribution in [0.3, 0.4) is 0 Å². The van der Waals surface area contributed by atoms with E-state index in [1.807, 2.05) is 42.5 Å². The summed E-state index contributed by atoms with van der Waals surface area (Å²) in [6.45, 7) is 2.62. The van der Waals surface area contributed by atoms with Gasteiger partial charge in [-0.05, 0) is 30.2 Å². The molecule has 4 rings (SSSR count). The molecule has 0 radical (unpaired) electrons. The first-order valence-electron chi connectivity index (χ1n) is 8.39. The number of para-hydroxylation sites is 1. The van der Waals surface area contributed by atoms with Crippen LogP contribution in [-0.2, 0) is 11.2 Å². The molecule has 2 aromatic carbocycles. The van der Waals surface area contributed by atoms with Gasteiger partial charge in [0.2, 0.25) is 5.91 Å². The van der Waals surface area contributed by atoms with Gasteiger partial charge in [-0.25, -0.2) is 10.9 Å². The fourth-order valence-electron chi connectivity index (χ4n) is 3.49. The molecule has 0 spiro atoms. The number of anilines is 1. The van der Waals surface area contributed by atoms with Gasteiger partial charge in [0.25, 0.3) is 0 Å². The highest BCUT2D eigenvalue weighted by Gasteiger charge is 2.44. The zero-order valence-electron chi connectivity index (χ0n) is 13.6. The molecular formula is C19H21N3O2. The first kappa shape index (κ1) is 15.2. The lowest BCUT2D eigenvalue weighted by molar-refractivity contribution is -0.119. The van der Waals surface area contributed by atoms with Crippen molar-refractivity contribution in [1.82, 2.24) is 10.9 Å². The molecule has 0 aromatic heterocycles. The van der Waals surface area contributed by atoms with Gasteiger partial charge in [0.1, 0.15) is 11.8 Å². The van der Waals surface area contributed by atoms with E-state index in [1.165, 1.54) is 5.56 Å². The molecular weight excluding hydrogens is 302 g/mol. The Morgan fingerprint density at radius 3 is 2.96 bits per heavy atom. The Morgan fingerprint density at radius 1 is 1.21 bits per heavy atom. The van der Waals surface area contributed by atoms with E-state index in [0.29, 0.717) is 6.61 Å². The number of aryl methyl sites for hydroxylation is 1. The highest BCUT2D eigenvalue weighted by Crippen LogP contribution is 2.39. The summed E-state index contributed by atoms with van der Waals surface area (Å²) in [6, 6.07) is 15.7. The van der Waals surface area contributed by atoms with Gasteiger partial charge in [-0.2, -0.15) is 0 Å². The Balaban J connectivity index is 1.51. The molecule has 124 valence electrons. The highest BCUT2D eigenvalue weighted by molar-refractivity contribution is 5.95. The van der Waals surface area contributed by atoms with Crippen LogP contribution in [0, 0.1) is 5.92 Å². The molecule has 2 aliphatic rings. The molecule has 2 aliphatic heterocycles. The molecule has 0 aliphatic carbocycles. The Kier molecular flexibility index (Phi) is 3.96. The quantitative estimate of drug-likeness (QED) is 0.812. The number of hydrogen-bond donors (Lipinski definition) is 3. The number of rotatable bonds is 3. The van der Waals surface area contributed by atoms with Crippen LogP contribution in [0.1, 0.15) is 24.1 Å². The molecule has 1 saturated heterocycles. The standard InChI is InChI=1S/C19H21N3O2/c1-2-12-6-5-7-13(10-12)20-19(23)18-15-11-24-16-9-4-3-8-14(16)17(15)21-22-18/h3-10,15,17-18,21-22H,2,11H2,1H3,(H,20,23). The van der Waals surface area contributed by atoms with Crippen LogP contribution in [0.15, 0.2) is 48.5 Å². The summed E-state index contributed by atoms with van der Waals surface area (Å²) in [5.74, 6) is 0.922. The summed E-state index contributed by atoms with van der Waals surface area (Å²) in [5, 5.41) is 3.02. The van der Waals surface area contributed by atoms with Crippen molar-refractivity contribution in [2.45, 2.75) is 25.4 Å². The first-order valence-corrected chi connectivity index (χ1v) is 8.39. The van der Waals surface area contributed by atoms with E-state index in [-0.39, 0.29) is 23.9 Å². The second-order valence-electron chi connectivity index (χ2n) is 6.30. The van der Waals surface area contributed by atoms with Crippen LogP contribution in [0.25, 0.3) is 0 Å². The van der Waals surface area contributed by atoms with Gasteiger partial charge in [-0.15, -0.1) is 0 Å². The van der Waals surface area contributed by atoms with E-state index in [0.717, 1.165) is 23.4 Å². The molecule has 3 unspecified atom stereocenters. The van der Waals surface area contributed by atoms with Crippen LogP contribution in [0.4, 0.5) is 5.69 Å². The van der Waals surface area contributed by atoms with Gasteiger partial charge in [0, 0.05) is 17.2 Å². The number of hydrogen-bond acceptors (Lipinski definition) is 4. The van der Waals surface area contributed by atoms with Crippen molar-refractivity contribution < 1.29 is 9.53 Å². The van der Waals surface area contributed by atoms with Gasteiger partial charge in [0.05, 0.1) is 12.6 Å². The van der Waals surface area contributed by atoms with Gasteiger partial charge < -0.3 is 10.1 Å². The number of fused-ring (bicyclic) bond motifs is 3. The van der Waals surface area contributed by atoms with Crippen LogP contribution >= 0.6 is 0 Å². The van der Waals surface area contributed by atoms with Crippen molar-refractivity contribution >= 4 is 11.6 Å². The van der Waals surface area contributed by atoms with E-state index in [9.17, 15) is 4.79 Å². The average Bonchev–Trinajstić information content (AvgIpc) is 3.06. The minimum atomic E-state index is -0.325. The molecule has 5 heteroatoms. The lowest BCUT2D eigenvalue weighted by Crippen LogP contribution is -2.43. The predicted octanol–water partition coefficient (Wildman–Crippen LogP) is 2.41. The summed E-state index contributed by atoms with van der Waals surface area (Å²) >= 11 is 0. The summed E-state index contributed by atoms with van der Waals surface area (Å²) in [7, 11) is 0. The number of carbonyl (C=O) groups is 1. The summed E-state index contributed by atoms with van der Waals surface area (Å²) in [6.07, 6.45) is 0.947. The molecule has 24 heavy (non-hydrogen) atoms. The number of nitrogens with one attached hydrogen (secondary N) is 3. The van der Waals surface area contributed by atoms with E-state index in [1.54, 1.807) is 0 Å². The van der Waals surface area contributed by atoms with Crippen LogP contribution in [0.2, 0.25) is 0 Å². The first-order chi connectivity index (χ1) is 11.8. The minimum absolute atomic E-state index is 0.0359. The van der Waals surface area contributed by atoms with Crippen LogP contribution in [0.5, 0.6) is 5.75 Å². The number of ether oxygens (including phenoxy) is 1. The lowest BCUT2D eigenvalue weighted by atomic mass is 9.87. The van der Waals surface area contributed by atoms with E-state index in [4.69, 9.17) is 4.74 Å². The Labute approximate surface area is 141 Å². The van der Waals surface area contributed by atoms with Gasteiger partial charge in [-0.1, -0.05) is 37.3 Å². The number of amides is 1. The molecule has 2 heterocycles. The molecule has 3 N–H and O–H groups in total. The lowest BCUT2D eigenvalue weighted by Gasteiger charge is -2.29. The largest absolute Gasteiger partial charge is 0.493 e. The van der Waals surface area contributed by atoms with Crippen molar-refractivity contribution in [2.24, 2.45) is 5.92 Å². The molecule has 0 bridgehead atoms. The van der Waals surface area contributed by atoms with Crippen LogP contribution in [-0.4, -0.2) is 18.6 Å². The predicted molar refractivity (Wildman–Crippen MR) is 92.7 cm³/mol. The Hall–Kier alpha value is -2.37. The summed E-state index contributed by atoms with van der Waals surface area (Å²) < 4.78 is 5.84. The van der Waals surface area contributed by atoms with Crippen molar-refractivity contribution in [3.8, 4) is 5.75 Å². The monoisotopic (exact) mass is 323 g/mol. The molecule has 1 amide bonds. The van der Waals surface area contributed by atoms with Crippen molar-refractivity contribution in [2.75, 3.05) is 11.9 Å². The maximum absolute atomic E-state index is 12.7. The second kappa shape index (κ2) is 6.26. The Bertz CT molecular complexity index is 762. The average molecular weight is 323 g/mol. The van der Waals surface area contributed by atoms with E-state index in [2.05, 4.69) is 29.2 Å². The third-order valence-electron chi connectivity index (χ3n) is 4.82. The van der Waals surface area contributed by atoms with Crippen molar-refractivity contribution in [1.29, 1.82) is 0 Å². The van der Waals surface area contributed by atoms with Crippen molar-refractivity contribution in [3.63, 3.8) is 0 Å². The molecule has 3 atom stereocenters. The zero-order valence-corrected chi connectivity index (χ0v) is 13.6. The van der Waals surface area contributed by atoms with E-state index >= 15 is 0 Å². The minimum Gasteiger partial charge on any atom is -0.493 e. The fraction of sp³-hybridized carbons (Fsp3) is 0.316. The topological polar surface area (TPSA) is 62.4 Å². The number of carbonyl (C=O) groups excluding carboxylic acids is 1. The van der Waals surface area contributed by atoms with Crippen molar-refractivity contribution in [3.05, 3.63) is 59.7 Å². The third kappa shape index (κ3) is 2.66. The van der Waals surface area contributed by atoms with E-state index < -0.39 is 0 Å². The smallest absolute Gasteiger partial charge is 0.243 e. The Morgan fingerprint density at radius 2 is 2.08 bits per heavy atom. The SMILES string of the molecule is CCc1cccc(NC(=O)C2NNC3c4ccccc4OCC23)c1. The fourth-order valence-corrected chi connectivity index (χ4v) is 3.49. The normalized spacial score (nSPS) is 24.6. The molecule has 1 fully saturated rings. The molecule has 5 nitrogen and oxygen atoms in total.